The molecule has 1 aliphatic carbocycles. The Labute approximate surface area is 129 Å². The number of hydrogen-bond donors (Lipinski definition) is 0. The number of benzene rings is 2. The molecule has 0 heteroatoms. The highest BCUT2D eigenvalue weighted by molar-refractivity contribution is 5.89. The first kappa shape index (κ1) is 15.6. The van der Waals surface area contributed by atoms with Crippen molar-refractivity contribution in [1.29, 1.82) is 0 Å². The molecule has 0 aromatic heterocycles. The molecule has 0 saturated heterocycles. The average Bonchev–Trinajstić information content (AvgIpc) is 2.68. The van der Waals surface area contributed by atoms with Gasteiger partial charge in [0.1, 0.15) is 0 Å². The number of fused-ring (bicyclic) bond motifs is 2. The van der Waals surface area contributed by atoms with Crippen molar-refractivity contribution in [2.75, 3.05) is 0 Å². The first-order valence-electron chi connectivity index (χ1n) is 8.00. The predicted molar refractivity (Wildman–Crippen MR) is 96.3 cm³/mol. The van der Waals surface area contributed by atoms with E-state index >= 15 is 0 Å². The van der Waals surface area contributed by atoms with Crippen molar-refractivity contribution < 1.29 is 0 Å². The van der Waals surface area contributed by atoms with Crippen LogP contribution in [-0.4, -0.2) is 0 Å². The van der Waals surface area contributed by atoms with Crippen molar-refractivity contribution >= 4 is 22.9 Å². The van der Waals surface area contributed by atoms with E-state index in [0.717, 1.165) is 0 Å². The summed E-state index contributed by atoms with van der Waals surface area (Å²) in [7, 11) is 0. The van der Waals surface area contributed by atoms with E-state index < -0.39 is 0 Å². The molecule has 0 saturated carbocycles. The Morgan fingerprint density at radius 1 is 0.810 bits per heavy atom. The molecule has 0 nitrogen and oxygen atoms in total. The number of allylic oxidation sites excluding steroid dienone is 2. The van der Waals surface area contributed by atoms with E-state index in [9.17, 15) is 0 Å². The van der Waals surface area contributed by atoms with E-state index in [1.54, 1.807) is 0 Å². The van der Waals surface area contributed by atoms with Crippen molar-refractivity contribution in [2.24, 2.45) is 11.3 Å². The lowest BCUT2D eigenvalue weighted by molar-refractivity contribution is 0.387. The number of rotatable bonds is 1. The molecule has 0 spiro atoms. The number of hydrogen-bond acceptors (Lipinski definition) is 0. The van der Waals surface area contributed by atoms with Crippen LogP contribution in [0.5, 0.6) is 0 Å². The molecule has 0 heterocycles. The summed E-state index contributed by atoms with van der Waals surface area (Å²) in [4.78, 5) is 0. The molecule has 2 aromatic carbocycles. The van der Waals surface area contributed by atoms with Crippen molar-refractivity contribution in [1.82, 2.24) is 0 Å². The first-order valence-corrected chi connectivity index (χ1v) is 8.00. The van der Waals surface area contributed by atoms with E-state index in [1.165, 1.54) is 21.9 Å². The molecular weight excluding hydrogens is 252 g/mol. The summed E-state index contributed by atoms with van der Waals surface area (Å²) in [6.45, 7) is 10.9. The molecule has 0 unspecified atom stereocenters. The zero-order valence-electron chi connectivity index (χ0n) is 13.9. The smallest absolute Gasteiger partial charge is 0.00622 e. The Kier molecular flexibility index (Phi) is 4.67. The summed E-state index contributed by atoms with van der Waals surface area (Å²) in [5.74, 6) is 0.601. The average molecular weight is 278 g/mol. The van der Waals surface area contributed by atoms with Crippen molar-refractivity contribution in [3.63, 3.8) is 0 Å². The van der Waals surface area contributed by atoms with Gasteiger partial charge in [-0.3, -0.25) is 0 Å². The van der Waals surface area contributed by atoms with Gasteiger partial charge in [0.2, 0.25) is 0 Å². The Hall–Kier alpha value is -1.82. The van der Waals surface area contributed by atoms with Crippen LogP contribution in [0.25, 0.3) is 22.9 Å². The lowest BCUT2D eigenvalue weighted by Crippen LogP contribution is -2.16. The van der Waals surface area contributed by atoms with E-state index in [2.05, 4.69) is 81.5 Å². The van der Waals surface area contributed by atoms with Gasteiger partial charge in [-0.05, 0) is 39.9 Å². The monoisotopic (exact) mass is 278 g/mol. The topological polar surface area (TPSA) is 0 Å². The fourth-order valence-electron chi connectivity index (χ4n) is 2.54. The van der Waals surface area contributed by atoms with Crippen molar-refractivity contribution in [2.45, 2.75) is 34.6 Å². The predicted octanol–water partition coefficient (Wildman–Crippen LogP) is 6.57. The maximum Gasteiger partial charge on any atom is 0.00622 e. The molecule has 0 bridgehead atoms. The molecule has 110 valence electrons. The summed E-state index contributed by atoms with van der Waals surface area (Å²) in [5.41, 5.74) is 2.78. The lowest BCUT2D eigenvalue weighted by Gasteiger charge is -2.26. The van der Waals surface area contributed by atoms with Gasteiger partial charge in [-0.25, -0.2) is 0 Å². The van der Waals surface area contributed by atoms with Crippen LogP contribution >= 0.6 is 0 Å². The summed E-state index contributed by atoms with van der Waals surface area (Å²) in [6, 6.07) is 13.1. The molecular formula is C21H26. The van der Waals surface area contributed by atoms with Crippen LogP contribution in [0.15, 0.2) is 48.6 Å². The van der Waals surface area contributed by atoms with Gasteiger partial charge < -0.3 is 0 Å². The molecule has 0 amide bonds. The largest absolute Gasteiger partial charge is 0.0739 e. The van der Waals surface area contributed by atoms with E-state index in [1.807, 2.05) is 13.8 Å². The fraction of sp³-hybridized carbons (Fsp3) is 0.333. The SMILES string of the molecule is CC.CC(C)C1(C)C=Cc2cc3ccccc3cc2C=C1. The highest BCUT2D eigenvalue weighted by atomic mass is 14.3. The Balaban J connectivity index is 0.000000774. The van der Waals surface area contributed by atoms with Crippen molar-refractivity contribution in [3.05, 3.63) is 59.7 Å². The van der Waals surface area contributed by atoms with Crippen LogP contribution in [-0.2, 0) is 0 Å². The third-order valence-electron chi connectivity index (χ3n) is 4.44. The summed E-state index contributed by atoms with van der Waals surface area (Å²) in [6.07, 6.45) is 9.24. The van der Waals surface area contributed by atoms with Crippen LogP contribution in [0.1, 0.15) is 45.7 Å². The Morgan fingerprint density at radius 2 is 1.24 bits per heavy atom. The van der Waals surface area contributed by atoms with Gasteiger partial charge >= 0.3 is 0 Å². The molecule has 2 aromatic rings. The third kappa shape index (κ3) is 3.10. The van der Waals surface area contributed by atoms with Gasteiger partial charge in [0.25, 0.3) is 0 Å². The third-order valence-corrected chi connectivity index (χ3v) is 4.44. The van der Waals surface area contributed by atoms with Crippen LogP contribution in [0.4, 0.5) is 0 Å². The minimum atomic E-state index is 0.144. The van der Waals surface area contributed by atoms with Crippen LogP contribution in [0.2, 0.25) is 0 Å². The molecule has 0 radical (unpaired) electrons. The second-order valence-corrected chi connectivity index (χ2v) is 6.02. The maximum atomic E-state index is 2.34. The zero-order chi connectivity index (χ0) is 15.5. The van der Waals surface area contributed by atoms with Gasteiger partial charge in [-0.15, -0.1) is 0 Å². The molecule has 1 aliphatic rings. The molecule has 0 aliphatic heterocycles. The molecule has 0 fully saturated rings. The Morgan fingerprint density at radius 3 is 1.62 bits per heavy atom. The minimum Gasteiger partial charge on any atom is -0.0739 e. The summed E-state index contributed by atoms with van der Waals surface area (Å²) < 4.78 is 0. The molecule has 21 heavy (non-hydrogen) atoms. The standard InChI is InChI=1S/C19H20.C2H6/c1-14(2)19(3)10-8-17-12-15-6-4-5-7-16(15)13-18(17)9-11-19;1-2/h4-14H,1-3H3;1-2H3. The Bertz CT molecular complexity index is 619. The minimum absolute atomic E-state index is 0.144. The quantitative estimate of drug-likeness (QED) is 0.553. The van der Waals surface area contributed by atoms with Gasteiger partial charge in [0, 0.05) is 5.41 Å². The van der Waals surface area contributed by atoms with Gasteiger partial charge in [-0.1, -0.05) is 83.2 Å². The molecule has 3 rings (SSSR count). The van der Waals surface area contributed by atoms with Gasteiger partial charge in [-0.2, -0.15) is 0 Å². The highest BCUT2D eigenvalue weighted by Gasteiger charge is 2.23. The maximum absolute atomic E-state index is 2.34. The second-order valence-electron chi connectivity index (χ2n) is 6.02. The van der Waals surface area contributed by atoms with E-state index in [4.69, 9.17) is 0 Å². The second kappa shape index (κ2) is 6.30. The molecule has 0 atom stereocenters. The summed E-state index contributed by atoms with van der Waals surface area (Å²) in [5, 5.41) is 2.62. The fourth-order valence-corrected chi connectivity index (χ4v) is 2.54. The van der Waals surface area contributed by atoms with Gasteiger partial charge in [0.15, 0.2) is 0 Å². The van der Waals surface area contributed by atoms with E-state index in [-0.39, 0.29) is 5.41 Å². The van der Waals surface area contributed by atoms with Crippen molar-refractivity contribution in [3.8, 4) is 0 Å². The lowest BCUT2D eigenvalue weighted by atomic mass is 9.79. The summed E-state index contributed by atoms with van der Waals surface area (Å²) >= 11 is 0. The normalized spacial score (nSPS) is 15.3. The van der Waals surface area contributed by atoms with Crippen LogP contribution in [0.3, 0.4) is 0 Å². The zero-order valence-corrected chi connectivity index (χ0v) is 13.9. The van der Waals surface area contributed by atoms with Crippen LogP contribution < -0.4 is 0 Å². The van der Waals surface area contributed by atoms with E-state index in [0.29, 0.717) is 5.92 Å². The van der Waals surface area contributed by atoms with Crippen LogP contribution in [0, 0.1) is 11.3 Å². The molecule has 0 N–H and O–H groups in total. The highest BCUT2D eigenvalue weighted by Crippen LogP contribution is 2.35. The first-order chi connectivity index (χ1) is 10.1. The van der Waals surface area contributed by atoms with Gasteiger partial charge in [0.05, 0.1) is 0 Å².